The number of hydrogen-bond donors (Lipinski definition) is 0. The number of aromatic nitrogens is 1. The standard InChI is InChI=1S/C25H40N2O3/c1-24(2,3)30-23(28)27-21(18-19-12-7-6-8-13-19)22(29-25(27,4)5)16-11-15-20-14-9-10-17-26-20/h9-10,14,17,19,21-22H,6-8,11-13,15-16,18H2,1-5H3/t21-,22?/m0/s1. The van der Waals surface area contributed by atoms with Crippen LogP contribution < -0.4 is 0 Å². The molecule has 1 aliphatic heterocycles. The van der Waals surface area contributed by atoms with Gasteiger partial charge in [-0.3, -0.25) is 9.88 Å². The SMILES string of the molecule is CC(C)(C)OC(=O)N1[C@@H](CC2CCCCC2)C(CCCc2ccccn2)OC1(C)C. The Morgan fingerprint density at radius 2 is 1.97 bits per heavy atom. The minimum absolute atomic E-state index is 0.0400. The summed E-state index contributed by atoms with van der Waals surface area (Å²) in [6.45, 7) is 9.78. The Balaban J connectivity index is 1.72. The Morgan fingerprint density at radius 3 is 2.60 bits per heavy atom. The van der Waals surface area contributed by atoms with Gasteiger partial charge in [0, 0.05) is 11.9 Å². The molecule has 2 atom stereocenters. The van der Waals surface area contributed by atoms with Crippen molar-refractivity contribution in [3.05, 3.63) is 30.1 Å². The third kappa shape index (κ3) is 6.19. The van der Waals surface area contributed by atoms with Crippen molar-refractivity contribution >= 4 is 6.09 Å². The summed E-state index contributed by atoms with van der Waals surface area (Å²) in [7, 11) is 0. The van der Waals surface area contributed by atoms with E-state index in [0.29, 0.717) is 5.92 Å². The first-order valence-electron chi connectivity index (χ1n) is 11.8. The molecule has 2 fully saturated rings. The molecular formula is C25H40N2O3. The molecule has 1 aromatic rings. The van der Waals surface area contributed by atoms with Crippen LogP contribution in [0.15, 0.2) is 24.4 Å². The van der Waals surface area contributed by atoms with Crippen LogP contribution >= 0.6 is 0 Å². The monoisotopic (exact) mass is 416 g/mol. The number of carbonyl (C=O) groups excluding carboxylic acids is 1. The van der Waals surface area contributed by atoms with Gasteiger partial charge in [0.1, 0.15) is 11.3 Å². The first-order chi connectivity index (χ1) is 14.2. The van der Waals surface area contributed by atoms with E-state index in [0.717, 1.165) is 31.4 Å². The van der Waals surface area contributed by atoms with Crippen LogP contribution in [0, 0.1) is 5.92 Å². The highest BCUT2D eigenvalue weighted by molar-refractivity contribution is 5.70. The molecular weight excluding hydrogens is 376 g/mol. The molecule has 2 aliphatic rings. The molecule has 5 heteroatoms. The van der Waals surface area contributed by atoms with Gasteiger partial charge < -0.3 is 9.47 Å². The summed E-state index contributed by atoms with van der Waals surface area (Å²) in [6.07, 6.45) is 12.0. The lowest BCUT2D eigenvalue weighted by Crippen LogP contribution is -2.50. The number of aryl methyl sites for hydroxylation is 1. The number of amides is 1. The van der Waals surface area contributed by atoms with Crippen molar-refractivity contribution in [3.8, 4) is 0 Å². The average molecular weight is 417 g/mol. The number of nitrogens with zero attached hydrogens (tertiary/aromatic N) is 2. The molecule has 0 aromatic carbocycles. The molecule has 30 heavy (non-hydrogen) atoms. The first-order valence-corrected chi connectivity index (χ1v) is 11.8. The van der Waals surface area contributed by atoms with Crippen LogP contribution in [-0.2, 0) is 15.9 Å². The molecule has 1 aromatic heterocycles. The normalized spacial score (nSPS) is 24.8. The van der Waals surface area contributed by atoms with Crippen LogP contribution in [0.2, 0.25) is 0 Å². The van der Waals surface area contributed by atoms with Crippen molar-refractivity contribution < 1.29 is 14.3 Å². The van der Waals surface area contributed by atoms with Crippen LogP contribution in [-0.4, -0.2) is 39.4 Å². The van der Waals surface area contributed by atoms with Gasteiger partial charge >= 0.3 is 6.09 Å². The molecule has 0 spiro atoms. The van der Waals surface area contributed by atoms with E-state index in [-0.39, 0.29) is 18.2 Å². The summed E-state index contributed by atoms with van der Waals surface area (Å²) in [4.78, 5) is 19.5. The molecule has 0 bridgehead atoms. The quantitative estimate of drug-likeness (QED) is 0.561. The van der Waals surface area contributed by atoms with Crippen molar-refractivity contribution in [1.29, 1.82) is 0 Å². The van der Waals surface area contributed by atoms with Gasteiger partial charge in [0.25, 0.3) is 0 Å². The Kier molecular flexibility index (Phi) is 7.43. The molecule has 0 radical (unpaired) electrons. The summed E-state index contributed by atoms with van der Waals surface area (Å²) in [5.41, 5.74) is -0.0562. The van der Waals surface area contributed by atoms with Crippen molar-refractivity contribution in [3.63, 3.8) is 0 Å². The van der Waals surface area contributed by atoms with Gasteiger partial charge in [-0.2, -0.15) is 0 Å². The zero-order valence-electron chi connectivity index (χ0n) is 19.5. The molecule has 1 saturated heterocycles. The Labute approximate surface area is 182 Å². The van der Waals surface area contributed by atoms with E-state index >= 15 is 0 Å². The van der Waals surface area contributed by atoms with E-state index < -0.39 is 11.3 Å². The van der Waals surface area contributed by atoms with Crippen LogP contribution in [0.5, 0.6) is 0 Å². The van der Waals surface area contributed by atoms with Gasteiger partial charge in [0.15, 0.2) is 0 Å². The van der Waals surface area contributed by atoms with Crippen molar-refractivity contribution in [2.45, 2.75) is 116 Å². The lowest BCUT2D eigenvalue weighted by Gasteiger charge is -2.37. The van der Waals surface area contributed by atoms with Crippen molar-refractivity contribution in [2.75, 3.05) is 0 Å². The minimum atomic E-state index is -0.655. The first kappa shape index (κ1) is 23.1. The maximum Gasteiger partial charge on any atom is 0.412 e. The second kappa shape index (κ2) is 9.67. The van der Waals surface area contributed by atoms with Crippen LogP contribution in [0.4, 0.5) is 4.79 Å². The third-order valence-corrected chi connectivity index (χ3v) is 6.32. The van der Waals surface area contributed by atoms with E-state index in [1.165, 1.54) is 32.1 Å². The molecule has 1 amide bonds. The predicted octanol–water partition coefficient (Wildman–Crippen LogP) is 6.12. The Hall–Kier alpha value is -1.62. The molecule has 1 unspecified atom stereocenters. The number of ether oxygens (including phenoxy) is 2. The van der Waals surface area contributed by atoms with Crippen LogP contribution in [0.1, 0.15) is 91.7 Å². The molecule has 2 heterocycles. The second-order valence-electron chi connectivity index (χ2n) is 10.5. The fourth-order valence-electron chi connectivity index (χ4n) is 5.04. The van der Waals surface area contributed by atoms with Gasteiger partial charge in [0.2, 0.25) is 0 Å². The van der Waals surface area contributed by atoms with Gasteiger partial charge in [-0.15, -0.1) is 0 Å². The molecule has 1 aliphatic carbocycles. The van der Waals surface area contributed by atoms with Crippen LogP contribution in [0.25, 0.3) is 0 Å². The zero-order chi connectivity index (χ0) is 21.8. The highest BCUT2D eigenvalue weighted by atomic mass is 16.6. The minimum Gasteiger partial charge on any atom is -0.444 e. The average Bonchev–Trinajstić information content (AvgIpc) is 2.91. The predicted molar refractivity (Wildman–Crippen MR) is 119 cm³/mol. The Morgan fingerprint density at radius 1 is 1.23 bits per heavy atom. The number of carbonyl (C=O) groups is 1. The van der Waals surface area contributed by atoms with Gasteiger partial charge in [0.05, 0.1) is 12.1 Å². The van der Waals surface area contributed by atoms with E-state index in [1.807, 2.05) is 57.8 Å². The van der Waals surface area contributed by atoms with Crippen LogP contribution in [0.3, 0.4) is 0 Å². The van der Waals surface area contributed by atoms with E-state index in [9.17, 15) is 4.79 Å². The maximum absolute atomic E-state index is 13.2. The summed E-state index contributed by atoms with van der Waals surface area (Å²) in [5.74, 6) is 0.671. The summed E-state index contributed by atoms with van der Waals surface area (Å²) >= 11 is 0. The second-order valence-corrected chi connectivity index (χ2v) is 10.5. The van der Waals surface area contributed by atoms with E-state index in [2.05, 4.69) is 11.1 Å². The number of rotatable bonds is 6. The molecule has 1 saturated carbocycles. The molecule has 3 rings (SSSR count). The van der Waals surface area contributed by atoms with E-state index in [4.69, 9.17) is 9.47 Å². The highest BCUT2D eigenvalue weighted by Gasteiger charge is 2.51. The van der Waals surface area contributed by atoms with Gasteiger partial charge in [-0.05, 0) is 78.4 Å². The van der Waals surface area contributed by atoms with Gasteiger partial charge in [-0.1, -0.05) is 38.2 Å². The van der Waals surface area contributed by atoms with Crippen molar-refractivity contribution in [2.24, 2.45) is 5.92 Å². The summed E-state index contributed by atoms with van der Waals surface area (Å²) in [5, 5.41) is 0. The lowest BCUT2D eigenvalue weighted by molar-refractivity contribution is -0.0801. The lowest BCUT2D eigenvalue weighted by atomic mass is 9.83. The summed E-state index contributed by atoms with van der Waals surface area (Å²) < 4.78 is 12.3. The fourth-order valence-corrected chi connectivity index (χ4v) is 5.04. The van der Waals surface area contributed by atoms with Gasteiger partial charge in [-0.25, -0.2) is 4.79 Å². The number of hydrogen-bond acceptors (Lipinski definition) is 4. The number of pyridine rings is 1. The molecule has 168 valence electrons. The molecule has 5 nitrogen and oxygen atoms in total. The highest BCUT2D eigenvalue weighted by Crippen LogP contribution is 2.40. The molecule has 0 N–H and O–H groups in total. The zero-order valence-corrected chi connectivity index (χ0v) is 19.5. The van der Waals surface area contributed by atoms with E-state index in [1.54, 1.807) is 0 Å². The van der Waals surface area contributed by atoms with Crippen molar-refractivity contribution in [1.82, 2.24) is 9.88 Å². The largest absolute Gasteiger partial charge is 0.444 e. The third-order valence-electron chi connectivity index (χ3n) is 6.32. The smallest absolute Gasteiger partial charge is 0.412 e. The Bertz CT molecular complexity index is 677. The fraction of sp³-hybridized carbons (Fsp3) is 0.760. The maximum atomic E-state index is 13.2. The summed E-state index contributed by atoms with van der Waals surface area (Å²) in [6, 6.07) is 6.13. The topological polar surface area (TPSA) is 51.7 Å².